The third-order valence-corrected chi connectivity index (χ3v) is 3.39. The van der Waals surface area contributed by atoms with Gasteiger partial charge in [0.2, 0.25) is 0 Å². The number of hydrogen-bond acceptors (Lipinski definition) is 2. The van der Waals surface area contributed by atoms with Crippen molar-refractivity contribution in [1.82, 2.24) is 0 Å². The van der Waals surface area contributed by atoms with Gasteiger partial charge in [0.05, 0.1) is 0 Å². The van der Waals surface area contributed by atoms with Gasteiger partial charge in [0.1, 0.15) is 4.90 Å². The number of hydrogen-bond donors (Lipinski definition) is 1. The zero-order valence-electron chi connectivity index (χ0n) is 9.14. The molecule has 2 aromatic rings. The molecular weight excluding hydrogens is 435 g/mol. The Balaban J connectivity index is 0.00000128. The van der Waals surface area contributed by atoms with E-state index in [0.29, 0.717) is 10.9 Å². The number of fused-ring (bicyclic) bond motifs is 1. The molecule has 1 N–H and O–H groups in total. The van der Waals surface area contributed by atoms with Gasteiger partial charge in [0.15, 0.2) is 0 Å². The first-order valence-corrected chi connectivity index (χ1v) is 5.90. The van der Waals surface area contributed by atoms with Crippen LogP contribution in [0.15, 0.2) is 41.3 Å². The van der Waals surface area contributed by atoms with E-state index in [1.165, 1.54) is 0 Å². The summed E-state index contributed by atoms with van der Waals surface area (Å²) in [5.41, 5.74) is 0.552. The van der Waals surface area contributed by atoms with Crippen LogP contribution in [0.5, 0.6) is 0 Å². The summed E-state index contributed by atoms with van der Waals surface area (Å²) >= 11 is 0. The molecule has 0 saturated heterocycles. The minimum absolute atomic E-state index is 0. The number of benzene rings is 2. The molecule has 0 aliphatic heterocycles. The molecule has 79 valence electrons. The zero-order valence-corrected chi connectivity index (χ0v) is 18.2. The second kappa shape index (κ2) is 5.24. The number of rotatable bonds is 1. The molecule has 0 aliphatic rings. The van der Waals surface area contributed by atoms with E-state index in [1.54, 1.807) is 25.1 Å². The maximum Gasteiger partial charge on any atom is 0.295 e. The fourth-order valence-corrected chi connectivity index (χ4v) is 2.63. The molecule has 0 saturated carbocycles. The molecule has 0 aliphatic carbocycles. The standard InChI is InChI=1S/C11H10O3S.Fr/c1-8-6-7-9-4-2-3-5-10(9)11(8)15(12,13)14;/h2-7H,1H3,(H,12,13,14);. The number of aryl methyl sites for hydroxylation is 1. The minimum Gasteiger partial charge on any atom is -0.282 e. The van der Waals surface area contributed by atoms with Gasteiger partial charge in [-0.15, -0.1) is 0 Å². The summed E-state index contributed by atoms with van der Waals surface area (Å²) in [5, 5.41) is 1.36. The monoisotopic (exact) mass is 445 g/mol. The average Bonchev–Trinajstić information content (AvgIpc) is 2.15. The molecule has 0 fully saturated rings. The molecule has 1 radical (unpaired) electrons. The van der Waals surface area contributed by atoms with Gasteiger partial charge in [-0.25, -0.2) is 0 Å². The Labute approximate surface area is 136 Å². The first kappa shape index (κ1) is 14.3. The van der Waals surface area contributed by atoms with Crippen molar-refractivity contribution in [1.29, 1.82) is 0 Å². The topological polar surface area (TPSA) is 54.4 Å². The molecule has 0 heterocycles. The van der Waals surface area contributed by atoms with Crippen molar-refractivity contribution < 1.29 is 62.8 Å². The van der Waals surface area contributed by atoms with Crippen molar-refractivity contribution in [3.63, 3.8) is 0 Å². The van der Waals surface area contributed by atoms with Crippen LogP contribution in [0, 0.1) is 56.8 Å². The summed E-state index contributed by atoms with van der Waals surface area (Å²) in [6.45, 7) is 1.66. The van der Waals surface area contributed by atoms with E-state index in [9.17, 15) is 8.42 Å². The predicted molar refractivity (Wildman–Crippen MR) is 58.5 cm³/mol. The second-order valence-corrected chi connectivity index (χ2v) is 4.77. The summed E-state index contributed by atoms with van der Waals surface area (Å²) in [6, 6.07) is 10.6. The van der Waals surface area contributed by atoms with Crippen molar-refractivity contribution in [3.05, 3.63) is 42.0 Å². The molecule has 0 spiro atoms. The Kier molecular flexibility index (Phi) is 4.67. The van der Waals surface area contributed by atoms with Crippen LogP contribution in [0.1, 0.15) is 5.56 Å². The van der Waals surface area contributed by atoms with Crippen molar-refractivity contribution >= 4 is 20.9 Å². The summed E-state index contributed by atoms with van der Waals surface area (Å²) in [4.78, 5) is 0.000556. The van der Waals surface area contributed by atoms with Gasteiger partial charge in [-0.1, -0.05) is 36.4 Å². The molecule has 5 heteroatoms. The molecule has 0 bridgehead atoms. The van der Waals surface area contributed by atoms with Gasteiger partial charge < -0.3 is 0 Å². The Morgan fingerprint density at radius 3 is 2.31 bits per heavy atom. The van der Waals surface area contributed by atoms with Gasteiger partial charge >= 0.3 is 0 Å². The Hall–Kier alpha value is 0.207. The van der Waals surface area contributed by atoms with Crippen molar-refractivity contribution in [3.8, 4) is 0 Å². The molecule has 0 aromatic heterocycles. The summed E-state index contributed by atoms with van der Waals surface area (Å²) in [7, 11) is -4.16. The largest absolute Gasteiger partial charge is 0.295 e. The molecule has 2 rings (SSSR count). The molecule has 2 aromatic carbocycles. The maximum absolute atomic E-state index is 11.2. The average molecular weight is 445 g/mol. The van der Waals surface area contributed by atoms with Crippen LogP contribution >= 0.6 is 0 Å². The molecule has 3 nitrogen and oxygen atoms in total. The third-order valence-electron chi connectivity index (χ3n) is 2.33. The van der Waals surface area contributed by atoms with Crippen LogP contribution in [0.3, 0.4) is 0 Å². The Morgan fingerprint density at radius 2 is 1.69 bits per heavy atom. The van der Waals surface area contributed by atoms with Crippen molar-refractivity contribution in [2.24, 2.45) is 0 Å². The molecule has 16 heavy (non-hydrogen) atoms. The van der Waals surface area contributed by atoms with Crippen LogP contribution < -0.4 is 0 Å². The van der Waals surface area contributed by atoms with Crippen LogP contribution in [0.25, 0.3) is 10.8 Å². The summed E-state index contributed by atoms with van der Waals surface area (Å²) in [6.07, 6.45) is 0. The van der Waals surface area contributed by atoms with E-state index in [2.05, 4.69) is 0 Å². The van der Waals surface area contributed by atoms with Gasteiger partial charge in [-0.3, -0.25) is 4.55 Å². The minimum atomic E-state index is -4.16. The smallest absolute Gasteiger partial charge is 0.282 e. The Morgan fingerprint density at radius 1 is 1.06 bits per heavy atom. The summed E-state index contributed by atoms with van der Waals surface area (Å²) < 4.78 is 31.6. The molecular formula is C11H10FrO3S. The normalized spacial score (nSPS) is 11.1. The fourth-order valence-electron chi connectivity index (χ4n) is 1.69. The third kappa shape index (κ3) is 2.72. The van der Waals surface area contributed by atoms with Gasteiger partial charge in [-0.2, -0.15) is 8.42 Å². The van der Waals surface area contributed by atoms with E-state index < -0.39 is 10.1 Å². The maximum atomic E-state index is 11.2. The molecule has 0 amide bonds. The fraction of sp³-hybridized carbons (Fsp3) is 0.0909. The van der Waals surface area contributed by atoms with E-state index in [4.69, 9.17) is 4.55 Å². The first-order chi connectivity index (χ1) is 7.00. The van der Waals surface area contributed by atoms with Crippen molar-refractivity contribution in [2.75, 3.05) is 0 Å². The van der Waals surface area contributed by atoms with E-state index in [0.717, 1.165) is 5.39 Å². The molecule has 0 atom stereocenters. The van der Waals surface area contributed by atoms with Crippen LogP contribution in [0.2, 0.25) is 0 Å². The Bertz CT molecular complexity index is 620. The summed E-state index contributed by atoms with van der Waals surface area (Å²) in [5.74, 6) is 0. The zero-order chi connectivity index (χ0) is 11.1. The first-order valence-electron chi connectivity index (χ1n) is 4.46. The van der Waals surface area contributed by atoms with E-state index in [-0.39, 0.29) is 54.8 Å². The predicted octanol–water partition coefficient (Wildman–Crippen LogP) is 2.39. The van der Waals surface area contributed by atoms with Crippen molar-refractivity contribution in [2.45, 2.75) is 11.8 Å². The SMILES string of the molecule is Cc1ccc2ccccc2c1S(=O)(=O)O.[Fr]. The van der Waals surface area contributed by atoms with E-state index in [1.807, 2.05) is 18.2 Å². The van der Waals surface area contributed by atoms with Crippen LogP contribution in [0.4, 0.5) is 0 Å². The quantitative estimate of drug-likeness (QED) is 0.687. The molecule has 0 unspecified atom stereocenters. The van der Waals surface area contributed by atoms with Gasteiger partial charge in [-0.05, 0) is 17.9 Å². The van der Waals surface area contributed by atoms with E-state index >= 15 is 0 Å². The van der Waals surface area contributed by atoms with Crippen LogP contribution in [-0.4, -0.2) is 13.0 Å². The second-order valence-electron chi connectivity index (χ2n) is 3.41. The van der Waals surface area contributed by atoms with Gasteiger partial charge in [0.25, 0.3) is 10.1 Å². The van der Waals surface area contributed by atoms with Crippen LogP contribution in [-0.2, 0) is 10.1 Å². The van der Waals surface area contributed by atoms with Gasteiger partial charge in [0, 0.05) is 55.3 Å².